The van der Waals surface area contributed by atoms with Crippen molar-refractivity contribution in [2.45, 2.75) is 45.4 Å². The maximum atomic E-state index is 13.0. The van der Waals surface area contributed by atoms with E-state index in [0.29, 0.717) is 0 Å². The highest BCUT2D eigenvalue weighted by molar-refractivity contribution is 5.63. The van der Waals surface area contributed by atoms with Gasteiger partial charge in [0, 0.05) is 0 Å². The van der Waals surface area contributed by atoms with Crippen LogP contribution in [0, 0.1) is 17.7 Å². The molecule has 24 heavy (non-hydrogen) atoms. The summed E-state index contributed by atoms with van der Waals surface area (Å²) in [6, 6.07) is 14.7. The zero-order valence-electron chi connectivity index (χ0n) is 14.5. The van der Waals surface area contributed by atoms with Gasteiger partial charge in [-0.15, -0.1) is 0 Å². The van der Waals surface area contributed by atoms with E-state index in [2.05, 4.69) is 6.92 Å². The predicted molar refractivity (Wildman–Crippen MR) is 97.7 cm³/mol. The van der Waals surface area contributed by atoms with Crippen LogP contribution in [0.25, 0.3) is 11.1 Å². The van der Waals surface area contributed by atoms with Crippen molar-refractivity contribution in [3.63, 3.8) is 0 Å². The van der Waals surface area contributed by atoms with Crippen molar-refractivity contribution in [3.8, 4) is 16.9 Å². The Bertz CT molecular complexity index is 609. The molecule has 0 bridgehead atoms. The molecule has 2 aromatic rings. The van der Waals surface area contributed by atoms with Crippen molar-refractivity contribution in [1.29, 1.82) is 0 Å². The number of hydrogen-bond donors (Lipinski definition) is 0. The van der Waals surface area contributed by atoms with E-state index < -0.39 is 0 Å². The Kier molecular flexibility index (Phi) is 5.90. The van der Waals surface area contributed by atoms with E-state index in [1.807, 2.05) is 24.3 Å². The SMILES string of the molecule is CC1CCC(CCCOc2ccc(-c3ccc(F)cc3)cc2)CC1. The highest BCUT2D eigenvalue weighted by Crippen LogP contribution is 2.31. The third kappa shape index (κ3) is 4.83. The molecule has 0 aliphatic heterocycles. The van der Waals surface area contributed by atoms with E-state index >= 15 is 0 Å². The van der Waals surface area contributed by atoms with Gasteiger partial charge >= 0.3 is 0 Å². The molecule has 2 aromatic carbocycles. The van der Waals surface area contributed by atoms with Crippen LogP contribution in [0.1, 0.15) is 45.4 Å². The molecule has 0 spiro atoms. The van der Waals surface area contributed by atoms with E-state index in [1.54, 1.807) is 12.1 Å². The van der Waals surface area contributed by atoms with Crippen LogP contribution < -0.4 is 4.74 Å². The Morgan fingerprint density at radius 2 is 1.46 bits per heavy atom. The molecule has 3 rings (SSSR count). The molecule has 0 aromatic heterocycles. The van der Waals surface area contributed by atoms with Gasteiger partial charge in [-0.05, 0) is 60.1 Å². The molecule has 0 radical (unpaired) electrons. The van der Waals surface area contributed by atoms with Crippen molar-refractivity contribution in [2.24, 2.45) is 11.8 Å². The standard InChI is InChI=1S/C22H27FO/c1-17-4-6-18(7-5-17)3-2-16-24-22-14-10-20(11-15-22)19-8-12-21(23)13-9-19/h8-15,17-18H,2-7,16H2,1H3. The van der Waals surface area contributed by atoms with Gasteiger partial charge in [0.25, 0.3) is 0 Å². The molecule has 0 amide bonds. The third-order valence-corrected chi connectivity index (χ3v) is 5.19. The molecule has 0 atom stereocenters. The fraction of sp³-hybridized carbons (Fsp3) is 0.455. The van der Waals surface area contributed by atoms with Gasteiger partial charge in [0.2, 0.25) is 0 Å². The maximum absolute atomic E-state index is 13.0. The van der Waals surface area contributed by atoms with Gasteiger partial charge in [-0.25, -0.2) is 4.39 Å². The summed E-state index contributed by atoms with van der Waals surface area (Å²) in [5, 5.41) is 0. The van der Waals surface area contributed by atoms with Crippen LogP contribution in [-0.4, -0.2) is 6.61 Å². The molecule has 1 saturated carbocycles. The summed E-state index contributed by atoms with van der Waals surface area (Å²) in [7, 11) is 0. The number of benzene rings is 2. The summed E-state index contributed by atoms with van der Waals surface area (Å²) in [5.74, 6) is 2.55. The lowest BCUT2D eigenvalue weighted by molar-refractivity contribution is 0.245. The summed E-state index contributed by atoms with van der Waals surface area (Å²) < 4.78 is 18.8. The van der Waals surface area contributed by atoms with Crippen LogP contribution in [0.5, 0.6) is 5.75 Å². The van der Waals surface area contributed by atoms with Gasteiger partial charge in [0.15, 0.2) is 0 Å². The highest BCUT2D eigenvalue weighted by atomic mass is 19.1. The van der Waals surface area contributed by atoms with Gasteiger partial charge in [-0.3, -0.25) is 0 Å². The molecule has 2 heteroatoms. The average Bonchev–Trinajstić information content (AvgIpc) is 2.62. The van der Waals surface area contributed by atoms with Crippen LogP contribution in [0.15, 0.2) is 48.5 Å². The Balaban J connectivity index is 1.42. The van der Waals surface area contributed by atoms with Gasteiger partial charge in [-0.1, -0.05) is 56.9 Å². The number of ether oxygens (including phenoxy) is 1. The average molecular weight is 326 g/mol. The number of hydrogen-bond acceptors (Lipinski definition) is 1. The zero-order chi connectivity index (χ0) is 16.8. The first-order chi connectivity index (χ1) is 11.7. The molecule has 1 fully saturated rings. The van der Waals surface area contributed by atoms with Crippen LogP contribution in [-0.2, 0) is 0 Å². The van der Waals surface area contributed by atoms with Gasteiger partial charge in [0.1, 0.15) is 11.6 Å². The van der Waals surface area contributed by atoms with Gasteiger partial charge < -0.3 is 4.74 Å². The monoisotopic (exact) mass is 326 g/mol. The Hall–Kier alpha value is -1.83. The third-order valence-electron chi connectivity index (χ3n) is 5.19. The normalized spacial score (nSPS) is 20.8. The first-order valence-electron chi connectivity index (χ1n) is 9.19. The molecule has 0 N–H and O–H groups in total. The van der Waals surface area contributed by atoms with E-state index in [1.165, 1.54) is 44.2 Å². The fourth-order valence-corrected chi connectivity index (χ4v) is 3.57. The zero-order valence-corrected chi connectivity index (χ0v) is 14.5. The van der Waals surface area contributed by atoms with Crippen LogP contribution in [0.3, 0.4) is 0 Å². The molecule has 1 aliphatic rings. The summed E-state index contributed by atoms with van der Waals surface area (Å²) >= 11 is 0. The topological polar surface area (TPSA) is 9.23 Å². The van der Waals surface area contributed by atoms with Crippen LogP contribution in [0.2, 0.25) is 0 Å². The molecule has 1 aliphatic carbocycles. The maximum Gasteiger partial charge on any atom is 0.123 e. The van der Waals surface area contributed by atoms with Crippen LogP contribution >= 0.6 is 0 Å². The number of halogens is 1. The van der Waals surface area contributed by atoms with E-state index in [9.17, 15) is 4.39 Å². The lowest BCUT2D eigenvalue weighted by Gasteiger charge is -2.25. The molecule has 0 heterocycles. The lowest BCUT2D eigenvalue weighted by atomic mass is 9.81. The first kappa shape index (κ1) is 17.0. The van der Waals surface area contributed by atoms with Gasteiger partial charge in [-0.2, -0.15) is 0 Å². The molecule has 1 nitrogen and oxygen atoms in total. The second-order valence-corrected chi connectivity index (χ2v) is 7.15. The Morgan fingerprint density at radius 1 is 0.875 bits per heavy atom. The molecule has 128 valence electrons. The summed E-state index contributed by atoms with van der Waals surface area (Å²) in [5.41, 5.74) is 2.10. The van der Waals surface area contributed by atoms with E-state index in [4.69, 9.17) is 4.74 Å². The van der Waals surface area contributed by atoms with Crippen molar-refractivity contribution >= 4 is 0 Å². The minimum absolute atomic E-state index is 0.203. The first-order valence-corrected chi connectivity index (χ1v) is 9.19. The number of rotatable bonds is 6. The Labute approximate surface area is 144 Å². The van der Waals surface area contributed by atoms with E-state index in [-0.39, 0.29) is 5.82 Å². The van der Waals surface area contributed by atoms with Crippen LogP contribution in [0.4, 0.5) is 4.39 Å². The molecular formula is C22H27FO. The highest BCUT2D eigenvalue weighted by Gasteiger charge is 2.17. The van der Waals surface area contributed by atoms with Crippen molar-refractivity contribution < 1.29 is 9.13 Å². The lowest BCUT2D eigenvalue weighted by Crippen LogP contribution is -2.13. The smallest absolute Gasteiger partial charge is 0.123 e. The summed E-state index contributed by atoms with van der Waals surface area (Å²) in [4.78, 5) is 0. The summed E-state index contributed by atoms with van der Waals surface area (Å²) in [6.07, 6.45) is 8.02. The molecular weight excluding hydrogens is 299 g/mol. The second kappa shape index (κ2) is 8.32. The predicted octanol–water partition coefficient (Wildman–Crippen LogP) is 6.48. The summed E-state index contributed by atoms with van der Waals surface area (Å²) in [6.45, 7) is 3.16. The fourth-order valence-electron chi connectivity index (χ4n) is 3.57. The van der Waals surface area contributed by atoms with Crippen molar-refractivity contribution in [1.82, 2.24) is 0 Å². The van der Waals surface area contributed by atoms with E-state index in [0.717, 1.165) is 41.7 Å². The van der Waals surface area contributed by atoms with Crippen molar-refractivity contribution in [2.75, 3.05) is 6.61 Å². The quantitative estimate of drug-likeness (QED) is 0.552. The molecule has 0 saturated heterocycles. The van der Waals surface area contributed by atoms with Crippen molar-refractivity contribution in [3.05, 3.63) is 54.3 Å². The molecule has 0 unspecified atom stereocenters. The Morgan fingerprint density at radius 3 is 2.08 bits per heavy atom. The largest absolute Gasteiger partial charge is 0.494 e. The second-order valence-electron chi connectivity index (χ2n) is 7.15. The minimum Gasteiger partial charge on any atom is -0.494 e. The van der Waals surface area contributed by atoms with Gasteiger partial charge in [0.05, 0.1) is 6.61 Å². The minimum atomic E-state index is -0.203.